The maximum absolute atomic E-state index is 12.1. The van der Waals surface area contributed by atoms with Crippen molar-refractivity contribution in [3.8, 4) is 0 Å². The van der Waals surface area contributed by atoms with E-state index in [0.29, 0.717) is 10.4 Å². The first-order chi connectivity index (χ1) is 9.60. The molecule has 1 aliphatic rings. The number of nitrogens with two attached hydrogens (primary N) is 1. The Balaban J connectivity index is 2.47. The lowest BCUT2D eigenvalue weighted by atomic mass is 10.2. The molecule has 1 fully saturated rings. The average Bonchev–Trinajstić information content (AvgIpc) is 2.84. The summed E-state index contributed by atoms with van der Waals surface area (Å²) in [5.74, 6) is -0.526. The third kappa shape index (κ3) is 2.56. The van der Waals surface area contributed by atoms with Gasteiger partial charge in [-0.1, -0.05) is 0 Å². The van der Waals surface area contributed by atoms with Crippen molar-refractivity contribution >= 4 is 33.8 Å². The average molecular weight is 297 g/mol. The smallest absolute Gasteiger partial charge is 0.263 e. The summed E-state index contributed by atoms with van der Waals surface area (Å²) in [5.41, 5.74) is 6.66. The van der Waals surface area contributed by atoms with Gasteiger partial charge in [0.25, 0.3) is 11.8 Å². The third-order valence-corrected chi connectivity index (χ3v) is 4.48. The molecule has 0 radical (unpaired) electrons. The highest BCUT2D eigenvalue weighted by atomic mass is 32.1. The van der Waals surface area contributed by atoms with Crippen LogP contribution in [0, 0.1) is 0 Å². The van der Waals surface area contributed by atoms with Gasteiger partial charge in [0.2, 0.25) is 0 Å². The molecule has 0 unspecified atom stereocenters. The Morgan fingerprint density at radius 2 is 1.80 bits per heavy atom. The van der Waals surface area contributed by atoms with E-state index in [0.717, 1.165) is 31.2 Å². The second-order valence-electron chi connectivity index (χ2n) is 4.42. The molecule has 1 aliphatic heterocycles. The first kappa shape index (κ1) is 14.6. The summed E-state index contributed by atoms with van der Waals surface area (Å²) in [7, 11) is 3.10. The zero-order valence-electron chi connectivity index (χ0n) is 11.6. The van der Waals surface area contributed by atoms with Crippen molar-refractivity contribution in [3.05, 3.63) is 10.4 Å². The van der Waals surface area contributed by atoms with Crippen LogP contribution < -0.4 is 26.6 Å². The van der Waals surface area contributed by atoms with Gasteiger partial charge in [-0.15, -0.1) is 11.3 Å². The molecule has 2 heterocycles. The molecule has 0 aromatic carbocycles. The molecule has 0 saturated carbocycles. The number of nitrogens with one attached hydrogen (secondary N) is 3. The van der Waals surface area contributed by atoms with Crippen LogP contribution in [-0.2, 0) is 0 Å². The molecule has 0 atom stereocenters. The normalized spacial score (nSPS) is 15.0. The van der Waals surface area contributed by atoms with Gasteiger partial charge in [0, 0.05) is 40.3 Å². The number of hydrogen-bond donors (Lipinski definition) is 4. The molecule has 110 valence electrons. The summed E-state index contributed by atoms with van der Waals surface area (Å²) in [6.45, 7) is 3.27. The van der Waals surface area contributed by atoms with Gasteiger partial charge in [0.1, 0.15) is 9.88 Å². The minimum atomic E-state index is -0.265. The van der Waals surface area contributed by atoms with Crippen LogP contribution in [-0.4, -0.2) is 52.1 Å². The maximum atomic E-state index is 12.1. The van der Waals surface area contributed by atoms with Crippen LogP contribution in [0.5, 0.6) is 0 Å². The molecule has 5 N–H and O–H groups in total. The number of rotatable bonds is 3. The largest absolute Gasteiger partial charge is 0.397 e. The maximum Gasteiger partial charge on any atom is 0.263 e. The second-order valence-corrected chi connectivity index (χ2v) is 5.42. The zero-order valence-corrected chi connectivity index (χ0v) is 12.4. The van der Waals surface area contributed by atoms with Crippen molar-refractivity contribution in [1.29, 1.82) is 0 Å². The highest BCUT2D eigenvalue weighted by molar-refractivity contribution is 7.19. The standard InChI is InChI=1S/C12H19N5O2S/c1-14-10(18)7-8(13)9(11(19)15-2)20-12(7)17-5-3-16-4-6-17/h16H,3-6,13H2,1-2H3,(H,14,18)(H,15,19). The Morgan fingerprint density at radius 1 is 1.20 bits per heavy atom. The Morgan fingerprint density at radius 3 is 2.35 bits per heavy atom. The van der Waals surface area contributed by atoms with Crippen molar-refractivity contribution in [2.24, 2.45) is 0 Å². The zero-order chi connectivity index (χ0) is 14.7. The topological polar surface area (TPSA) is 99.5 Å². The second kappa shape index (κ2) is 6.10. The lowest BCUT2D eigenvalue weighted by Crippen LogP contribution is -2.43. The van der Waals surface area contributed by atoms with Crippen molar-refractivity contribution in [3.63, 3.8) is 0 Å². The predicted molar refractivity (Wildman–Crippen MR) is 80.6 cm³/mol. The molecule has 1 saturated heterocycles. The number of anilines is 2. The number of carbonyl (C=O) groups excluding carboxylic acids is 2. The molecule has 2 rings (SSSR count). The summed E-state index contributed by atoms with van der Waals surface area (Å²) in [5, 5.41) is 9.16. The van der Waals surface area contributed by atoms with E-state index in [1.165, 1.54) is 11.3 Å². The van der Waals surface area contributed by atoms with Gasteiger partial charge in [-0.05, 0) is 0 Å². The SMILES string of the molecule is CNC(=O)c1sc(N2CCNCC2)c(C(=O)NC)c1N. The molecule has 0 bridgehead atoms. The van der Waals surface area contributed by atoms with Crippen LogP contribution >= 0.6 is 11.3 Å². The fraction of sp³-hybridized carbons (Fsp3) is 0.500. The number of thiophene rings is 1. The predicted octanol–water partition coefficient (Wildman–Crippen LogP) is -0.541. The van der Waals surface area contributed by atoms with Gasteiger partial charge in [-0.2, -0.15) is 0 Å². The van der Waals surface area contributed by atoms with Crippen molar-refractivity contribution in [2.75, 3.05) is 50.9 Å². The van der Waals surface area contributed by atoms with E-state index >= 15 is 0 Å². The number of piperazine rings is 1. The van der Waals surface area contributed by atoms with Crippen molar-refractivity contribution in [2.45, 2.75) is 0 Å². The Bertz CT molecular complexity index is 522. The van der Waals surface area contributed by atoms with Crippen LogP contribution in [0.2, 0.25) is 0 Å². The van der Waals surface area contributed by atoms with Gasteiger partial charge in [0.15, 0.2) is 0 Å². The first-order valence-electron chi connectivity index (χ1n) is 6.42. The monoisotopic (exact) mass is 297 g/mol. The summed E-state index contributed by atoms with van der Waals surface area (Å²) in [4.78, 5) is 26.4. The summed E-state index contributed by atoms with van der Waals surface area (Å²) in [6, 6.07) is 0. The number of carbonyl (C=O) groups is 2. The fourth-order valence-corrected chi connectivity index (χ4v) is 3.37. The van der Waals surface area contributed by atoms with Gasteiger partial charge in [-0.3, -0.25) is 9.59 Å². The molecule has 7 nitrogen and oxygen atoms in total. The van der Waals surface area contributed by atoms with E-state index < -0.39 is 0 Å². The van der Waals surface area contributed by atoms with Gasteiger partial charge >= 0.3 is 0 Å². The summed E-state index contributed by atoms with van der Waals surface area (Å²) in [6.07, 6.45) is 0. The summed E-state index contributed by atoms with van der Waals surface area (Å²) < 4.78 is 0. The third-order valence-electron chi connectivity index (χ3n) is 3.22. The molecule has 1 aromatic rings. The van der Waals surface area contributed by atoms with E-state index in [9.17, 15) is 9.59 Å². The van der Waals surface area contributed by atoms with Crippen LogP contribution in [0.4, 0.5) is 10.7 Å². The number of nitrogens with zero attached hydrogens (tertiary/aromatic N) is 1. The van der Waals surface area contributed by atoms with Crippen LogP contribution in [0.25, 0.3) is 0 Å². The number of nitrogen functional groups attached to an aromatic ring is 1. The lowest BCUT2D eigenvalue weighted by molar-refractivity contribution is 0.0963. The van der Waals surface area contributed by atoms with Crippen LogP contribution in [0.3, 0.4) is 0 Å². The van der Waals surface area contributed by atoms with E-state index in [1.807, 2.05) is 0 Å². The molecule has 0 spiro atoms. The van der Waals surface area contributed by atoms with Crippen molar-refractivity contribution in [1.82, 2.24) is 16.0 Å². The van der Waals surface area contributed by atoms with E-state index in [4.69, 9.17) is 5.73 Å². The number of amides is 2. The minimum absolute atomic E-state index is 0.252. The van der Waals surface area contributed by atoms with Gasteiger partial charge in [-0.25, -0.2) is 0 Å². The summed E-state index contributed by atoms with van der Waals surface area (Å²) >= 11 is 1.27. The first-order valence-corrected chi connectivity index (χ1v) is 7.23. The molecular weight excluding hydrogens is 278 g/mol. The minimum Gasteiger partial charge on any atom is -0.397 e. The van der Waals surface area contributed by atoms with E-state index in [2.05, 4.69) is 20.9 Å². The molecule has 0 aliphatic carbocycles. The Hall–Kier alpha value is -1.80. The number of hydrogen-bond acceptors (Lipinski definition) is 6. The Kier molecular flexibility index (Phi) is 4.46. The van der Waals surface area contributed by atoms with E-state index in [-0.39, 0.29) is 17.5 Å². The Labute approximate surface area is 121 Å². The van der Waals surface area contributed by atoms with Gasteiger partial charge < -0.3 is 26.6 Å². The molecular formula is C12H19N5O2S. The highest BCUT2D eigenvalue weighted by Gasteiger charge is 2.28. The molecule has 20 heavy (non-hydrogen) atoms. The van der Waals surface area contributed by atoms with Crippen molar-refractivity contribution < 1.29 is 9.59 Å². The van der Waals surface area contributed by atoms with Gasteiger partial charge in [0.05, 0.1) is 11.3 Å². The molecule has 2 amide bonds. The highest BCUT2D eigenvalue weighted by Crippen LogP contribution is 2.38. The lowest BCUT2D eigenvalue weighted by Gasteiger charge is -2.28. The van der Waals surface area contributed by atoms with Crippen LogP contribution in [0.1, 0.15) is 20.0 Å². The molecule has 1 aromatic heterocycles. The van der Waals surface area contributed by atoms with Crippen LogP contribution in [0.15, 0.2) is 0 Å². The quantitative estimate of drug-likeness (QED) is 0.600. The molecule has 8 heteroatoms. The fourth-order valence-electron chi connectivity index (χ4n) is 2.15. The van der Waals surface area contributed by atoms with E-state index in [1.54, 1.807) is 14.1 Å².